The van der Waals surface area contributed by atoms with Gasteiger partial charge in [-0.2, -0.15) is 0 Å². The van der Waals surface area contributed by atoms with Gasteiger partial charge in [-0.1, -0.05) is 23.7 Å². The number of benzene rings is 1. The van der Waals surface area contributed by atoms with Crippen LogP contribution in [-0.2, 0) is 13.0 Å². The molecular weight excluding hydrogens is 274 g/mol. The van der Waals surface area contributed by atoms with E-state index in [1.54, 1.807) is 6.07 Å². The zero-order valence-corrected chi connectivity index (χ0v) is 11.7. The van der Waals surface area contributed by atoms with Crippen LogP contribution in [0.5, 0.6) is 5.88 Å². The molecule has 4 heteroatoms. The van der Waals surface area contributed by atoms with Gasteiger partial charge >= 0.3 is 0 Å². The maximum absolute atomic E-state index is 11.7. The first-order valence-corrected chi connectivity index (χ1v) is 7.00. The lowest BCUT2D eigenvalue weighted by molar-refractivity contribution is 0.0971. The summed E-state index contributed by atoms with van der Waals surface area (Å²) >= 11 is 5.93. The van der Waals surface area contributed by atoms with Gasteiger partial charge in [0.05, 0.1) is 5.69 Å². The lowest BCUT2D eigenvalue weighted by Gasteiger charge is -2.14. The highest BCUT2D eigenvalue weighted by molar-refractivity contribution is 6.30. The molecule has 0 saturated carbocycles. The molecule has 0 spiro atoms. The molecule has 0 radical (unpaired) electrons. The van der Waals surface area contributed by atoms with Gasteiger partial charge in [0.25, 0.3) is 0 Å². The van der Waals surface area contributed by atoms with Crippen molar-refractivity contribution in [2.75, 3.05) is 0 Å². The number of aromatic nitrogens is 1. The van der Waals surface area contributed by atoms with Crippen LogP contribution in [0, 0.1) is 0 Å². The first-order valence-electron chi connectivity index (χ1n) is 6.63. The second-order valence-electron chi connectivity index (χ2n) is 4.84. The highest BCUT2D eigenvalue weighted by Gasteiger charge is 2.18. The van der Waals surface area contributed by atoms with Gasteiger partial charge in [-0.3, -0.25) is 4.79 Å². The number of ether oxygens (including phenoxy) is 1. The second kappa shape index (κ2) is 5.63. The molecule has 20 heavy (non-hydrogen) atoms. The van der Waals surface area contributed by atoms with Crippen LogP contribution in [0.3, 0.4) is 0 Å². The molecule has 1 aliphatic carbocycles. The van der Waals surface area contributed by atoms with Crippen molar-refractivity contribution < 1.29 is 9.53 Å². The number of carbonyl (C=O) groups excluding carboxylic acids is 1. The van der Waals surface area contributed by atoms with Gasteiger partial charge in [0, 0.05) is 23.1 Å². The normalized spacial score (nSPS) is 13.9. The van der Waals surface area contributed by atoms with Crippen LogP contribution in [0.25, 0.3) is 0 Å². The van der Waals surface area contributed by atoms with Crippen molar-refractivity contribution in [2.45, 2.75) is 25.9 Å². The largest absolute Gasteiger partial charge is 0.473 e. The molecule has 3 nitrogen and oxygen atoms in total. The number of ketones is 1. The van der Waals surface area contributed by atoms with Gasteiger partial charge in [-0.05, 0) is 36.6 Å². The van der Waals surface area contributed by atoms with Crippen molar-refractivity contribution in [1.29, 1.82) is 0 Å². The summed E-state index contributed by atoms with van der Waals surface area (Å²) in [6, 6.07) is 11.1. The molecular formula is C16H14ClNO2. The molecule has 1 aliphatic rings. The van der Waals surface area contributed by atoms with E-state index in [4.69, 9.17) is 16.3 Å². The summed E-state index contributed by atoms with van der Waals surface area (Å²) in [5.74, 6) is 0.735. The van der Waals surface area contributed by atoms with Gasteiger partial charge in [0.2, 0.25) is 5.88 Å². The summed E-state index contributed by atoms with van der Waals surface area (Å²) in [6.45, 7) is 0.417. The first-order chi connectivity index (χ1) is 9.72. The Kier molecular flexibility index (Phi) is 3.70. The van der Waals surface area contributed by atoms with E-state index in [0.717, 1.165) is 29.7 Å². The number of halogens is 1. The highest BCUT2D eigenvalue weighted by atomic mass is 35.5. The Balaban J connectivity index is 1.74. The number of hydrogen-bond donors (Lipinski definition) is 0. The number of fused-ring (bicyclic) bond motifs is 1. The third-order valence-electron chi connectivity index (χ3n) is 3.34. The van der Waals surface area contributed by atoms with Crippen molar-refractivity contribution in [3.63, 3.8) is 0 Å². The standard InChI is InChI=1S/C16H14ClNO2/c17-12-4-1-3-11(9-12)10-20-16-8-7-13-14(18-16)5-2-6-15(13)19/h1,3-4,7-9H,2,5-6,10H2. The minimum atomic E-state index is 0.181. The average Bonchev–Trinajstić information content (AvgIpc) is 2.45. The Hall–Kier alpha value is -1.87. The van der Waals surface area contributed by atoms with Crippen LogP contribution < -0.4 is 4.74 Å². The monoisotopic (exact) mass is 287 g/mol. The summed E-state index contributed by atoms with van der Waals surface area (Å²) in [7, 11) is 0. The smallest absolute Gasteiger partial charge is 0.213 e. The van der Waals surface area contributed by atoms with E-state index in [-0.39, 0.29) is 5.78 Å². The molecule has 0 atom stereocenters. The fourth-order valence-corrected chi connectivity index (χ4v) is 2.55. The van der Waals surface area contributed by atoms with E-state index >= 15 is 0 Å². The minimum Gasteiger partial charge on any atom is -0.473 e. The van der Waals surface area contributed by atoms with E-state index in [9.17, 15) is 4.79 Å². The number of aryl methyl sites for hydroxylation is 1. The number of pyridine rings is 1. The van der Waals surface area contributed by atoms with E-state index in [0.29, 0.717) is 23.9 Å². The van der Waals surface area contributed by atoms with E-state index in [1.807, 2.05) is 30.3 Å². The summed E-state index contributed by atoms with van der Waals surface area (Å²) in [6.07, 6.45) is 2.34. The molecule has 0 bridgehead atoms. The lowest BCUT2D eigenvalue weighted by Crippen LogP contribution is -2.13. The summed E-state index contributed by atoms with van der Waals surface area (Å²) in [5, 5.41) is 0.690. The number of hydrogen-bond acceptors (Lipinski definition) is 3. The Morgan fingerprint density at radius 3 is 2.95 bits per heavy atom. The zero-order chi connectivity index (χ0) is 13.9. The van der Waals surface area contributed by atoms with E-state index < -0.39 is 0 Å². The van der Waals surface area contributed by atoms with Crippen molar-refractivity contribution in [2.24, 2.45) is 0 Å². The van der Waals surface area contributed by atoms with Gasteiger partial charge in [-0.15, -0.1) is 0 Å². The minimum absolute atomic E-state index is 0.181. The number of Topliss-reactive ketones (excluding diaryl/α,β-unsaturated/α-hetero) is 1. The van der Waals surface area contributed by atoms with Crippen LogP contribution in [0.1, 0.15) is 34.5 Å². The van der Waals surface area contributed by atoms with Crippen LogP contribution in [0.2, 0.25) is 5.02 Å². The maximum atomic E-state index is 11.7. The van der Waals surface area contributed by atoms with Crippen molar-refractivity contribution >= 4 is 17.4 Å². The molecule has 2 aromatic rings. The Morgan fingerprint density at radius 1 is 1.20 bits per heavy atom. The summed E-state index contributed by atoms with van der Waals surface area (Å²) in [4.78, 5) is 16.1. The molecule has 0 fully saturated rings. The molecule has 102 valence electrons. The number of carbonyl (C=O) groups is 1. The molecule has 0 amide bonds. The zero-order valence-electron chi connectivity index (χ0n) is 10.9. The van der Waals surface area contributed by atoms with Gasteiger partial charge < -0.3 is 4.74 Å². The van der Waals surface area contributed by atoms with Gasteiger partial charge in [0.15, 0.2) is 5.78 Å². The van der Waals surface area contributed by atoms with E-state index in [2.05, 4.69) is 4.98 Å². The Bertz CT molecular complexity index is 655. The lowest BCUT2D eigenvalue weighted by atomic mass is 9.95. The molecule has 3 rings (SSSR count). The second-order valence-corrected chi connectivity index (χ2v) is 5.28. The summed E-state index contributed by atoms with van der Waals surface area (Å²) < 4.78 is 5.67. The van der Waals surface area contributed by atoms with Crippen LogP contribution in [0.4, 0.5) is 0 Å². The third-order valence-corrected chi connectivity index (χ3v) is 3.58. The predicted molar refractivity (Wildman–Crippen MR) is 77.3 cm³/mol. The topological polar surface area (TPSA) is 39.2 Å². The van der Waals surface area contributed by atoms with Crippen molar-refractivity contribution in [1.82, 2.24) is 4.98 Å². The average molecular weight is 288 g/mol. The first kappa shape index (κ1) is 13.1. The molecule has 0 unspecified atom stereocenters. The van der Waals surface area contributed by atoms with Crippen molar-refractivity contribution in [3.8, 4) is 5.88 Å². The van der Waals surface area contributed by atoms with Crippen LogP contribution in [-0.4, -0.2) is 10.8 Å². The molecule has 1 heterocycles. The van der Waals surface area contributed by atoms with Crippen LogP contribution >= 0.6 is 11.6 Å². The Morgan fingerprint density at radius 2 is 2.10 bits per heavy atom. The molecule has 1 aromatic carbocycles. The quantitative estimate of drug-likeness (QED) is 0.861. The molecule has 1 aromatic heterocycles. The number of rotatable bonds is 3. The van der Waals surface area contributed by atoms with Gasteiger partial charge in [-0.25, -0.2) is 4.98 Å². The fraction of sp³-hybridized carbons (Fsp3) is 0.250. The highest BCUT2D eigenvalue weighted by Crippen LogP contribution is 2.22. The third kappa shape index (κ3) is 2.83. The van der Waals surface area contributed by atoms with E-state index in [1.165, 1.54) is 0 Å². The maximum Gasteiger partial charge on any atom is 0.213 e. The molecule has 0 aliphatic heterocycles. The fourth-order valence-electron chi connectivity index (χ4n) is 2.34. The van der Waals surface area contributed by atoms with Crippen LogP contribution in [0.15, 0.2) is 36.4 Å². The molecule has 0 N–H and O–H groups in total. The van der Waals surface area contributed by atoms with Gasteiger partial charge in [0.1, 0.15) is 6.61 Å². The van der Waals surface area contributed by atoms with Crippen molar-refractivity contribution in [3.05, 3.63) is 58.2 Å². The molecule has 0 saturated heterocycles. The number of nitrogens with zero attached hydrogens (tertiary/aromatic N) is 1. The SMILES string of the molecule is O=C1CCCc2nc(OCc3cccc(Cl)c3)ccc21. The summed E-state index contributed by atoms with van der Waals surface area (Å²) in [5.41, 5.74) is 2.59. The predicted octanol–water partition coefficient (Wildman–Crippen LogP) is 3.83. The Labute approximate surface area is 122 Å².